The molecule has 2 aromatic heterocycles. The lowest BCUT2D eigenvalue weighted by molar-refractivity contribution is -0.153. The third kappa shape index (κ3) is 3.28. The second kappa shape index (κ2) is 8.05. The van der Waals surface area contributed by atoms with E-state index in [0.717, 1.165) is 0 Å². The largest absolute Gasteiger partial charge is 0.372 e. The summed E-state index contributed by atoms with van der Waals surface area (Å²) in [6, 6.07) is -0.0839. The fourth-order valence-electron chi connectivity index (χ4n) is 5.92. The van der Waals surface area contributed by atoms with Crippen molar-refractivity contribution in [2.24, 2.45) is 5.41 Å². The zero-order valence-electron chi connectivity index (χ0n) is 20.6. The molecule has 0 aliphatic carbocycles. The number of nitrogens with zero attached hydrogens (tertiary/aromatic N) is 6. The van der Waals surface area contributed by atoms with Crippen LogP contribution in [-0.4, -0.2) is 81.6 Å². The quantitative estimate of drug-likeness (QED) is 0.475. The SMILES string of the molecule is C[C@@H]1CN2c3c(cc4c(-n5ncnc5CN(C)C)noc4c3F)CC3(C(=O)NC(=O)NC3=O)[C@H]2[C@H](C)O1. The highest BCUT2D eigenvalue weighted by molar-refractivity contribution is 6.20. The van der Waals surface area contributed by atoms with Gasteiger partial charge >= 0.3 is 6.03 Å². The number of anilines is 1. The molecule has 0 radical (unpaired) electrons. The van der Waals surface area contributed by atoms with Crippen LogP contribution >= 0.6 is 0 Å². The van der Waals surface area contributed by atoms with Crippen LogP contribution in [0, 0.1) is 11.2 Å². The highest BCUT2D eigenvalue weighted by atomic mass is 19.1. The highest BCUT2D eigenvalue weighted by Gasteiger charge is 2.63. The summed E-state index contributed by atoms with van der Waals surface area (Å²) in [5, 5.41) is 13.1. The van der Waals surface area contributed by atoms with Gasteiger partial charge in [0.15, 0.2) is 11.2 Å². The Kier molecular flexibility index (Phi) is 5.11. The highest BCUT2D eigenvalue weighted by Crippen LogP contribution is 2.49. The first kappa shape index (κ1) is 23.5. The van der Waals surface area contributed by atoms with Gasteiger partial charge in [-0.3, -0.25) is 20.2 Å². The maximum absolute atomic E-state index is 16.2. The molecule has 4 amide bonds. The molecule has 0 unspecified atom stereocenters. The van der Waals surface area contributed by atoms with E-state index in [1.165, 1.54) is 11.0 Å². The third-order valence-corrected chi connectivity index (χ3v) is 7.22. The maximum atomic E-state index is 16.2. The van der Waals surface area contributed by atoms with E-state index in [9.17, 15) is 14.4 Å². The summed E-state index contributed by atoms with van der Waals surface area (Å²) in [5.74, 6) is -1.35. The average molecular weight is 513 g/mol. The molecule has 2 fully saturated rings. The molecule has 3 atom stereocenters. The van der Waals surface area contributed by atoms with Crippen molar-refractivity contribution in [2.45, 2.75) is 45.1 Å². The van der Waals surface area contributed by atoms with Gasteiger partial charge < -0.3 is 19.1 Å². The second-order valence-corrected chi connectivity index (χ2v) is 10.0. The van der Waals surface area contributed by atoms with Gasteiger partial charge in [0.2, 0.25) is 23.2 Å². The van der Waals surface area contributed by atoms with Gasteiger partial charge in [-0.15, -0.1) is 0 Å². The van der Waals surface area contributed by atoms with E-state index >= 15 is 4.39 Å². The minimum absolute atomic E-state index is 0.0747. The van der Waals surface area contributed by atoms with E-state index in [2.05, 4.69) is 25.9 Å². The first-order valence-corrected chi connectivity index (χ1v) is 11.9. The van der Waals surface area contributed by atoms with Crippen LogP contribution in [0.1, 0.15) is 25.2 Å². The van der Waals surface area contributed by atoms with Crippen molar-refractivity contribution in [1.29, 1.82) is 0 Å². The number of nitrogens with one attached hydrogen (secondary N) is 2. The number of rotatable bonds is 3. The van der Waals surface area contributed by atoms with Gasteiger partial charge in [0.05, 0.1) is 35.9 Å². The minimum atomic E-state index is -1.72. The summed E-state index contributed by atoms with van der Waals surface area (Å²) in [6.07, 6.45) is 0.286. The number of aromatic nitrogens is 4. The molecule has 5 heterocycles. The molecule has 13 nitrogen and oxygen atoms in total. The lowest BCUT2D eigenvalue weighted by atomic mass is 9.66. The number of fused-ring (bicyclic) bond motifs is 5. The lowest BCUT2D eigenvalue weighted by Crippen LogP contribution is -2.75. The van der Waals surface area contributed by atoms with E-state index in [1.807, 2.05) is 25.9 Å². The van der Waals surface area contributed by atoms with Gasteiger partial charge in [0.25, 0.3) is 0 Å². The number of morpholine rings is 1. The number of benzene rings is 1. The predicted molar refractivity (Wildman–Crippen MR) is 125 cm³/mol. The number of barbiturate groups is 1. The Morgan fingerprint density at radius 3 is 2.65 bits per heavy atom. The molecule has 3 aliphatic rings. The van der Waals surface area contributed by atoms with Gasteiger partial charge in [0, 0.05) is 13.0 Å². The normalized spacial score (nSPS) is 24.9. The molecular weight excluding hydrogens is 487 g/mol. The molecule has 37 heavy (non-hydrogen) atoms. The van der Waals surface area contributed by atoms with Crippen molar-refractivity contribution in [3.8, 4) is 5.82 Å². The number of hydrogen-bond donors (Lipinski definition) is 2. The first-order chi connectivity index (χ1) is 17.6. The molecule has 1 aromatic carbocycles. The Balaban J connectivity index is 1.57. The molecule has 194 valence electrons. The van der Waals surface area contributed by atoms with E-state index in [-0.39, 0.29) is 36.2 Å². The fraction of sp³-hybridized carbons (Fsp3) is 0.478. The number of imide groups is 2. The van der Waals surface area contributed by atoms with E-state index in [0.29, 0.717) is 23.3 Å². The summed E-state index contributed by atoms with van der Waals surface area (Å²) in [5.41, 5.74) is -1.17. The van der Waals surface area contributed by atoms with Crippen molar-refractivity contribution in [2.75, 3.05) is 25.5 Å². The van der Waals surface area contributed by atoms with Crippen molar-refractivity contribution < 1.29 is 28.0 Å². The zero-order valence-corrected chi connectivity index (χ0v) is 20.6. The van der Waals surface area contributed by atoms with Crippen LogP contribution in [-0.2, 0) is 27.3 Å². The number of halogens is 1. The van der Waals surface area contributed by atoms with Crippen LogP contribution in [0.3, 0.4) is 0 Å². The standard InChI is InChI=1S/C23H25FN8O5/c1-10-7-31-16-12(6-23(18(31)11(2)36-10)20(33)27-22(35)28-21(23)34)5-13-17(15(16)24)37-29-19(13)32-14(8-30(3)4)25-9-26-32/h5,9-11,18H,6-8H2,1-4H3,(H2,27,28,33,34,35)/t10-,11+,18-/m1/s1. The smallest absolute Gasteiger partial charge is 0.328 e. The molecule has 3 aromatic rings. The molecule has 6 rings (SSSR count). The Bertz CT molecular complexity index is 1440. The summed E-state index contributed by atoms with van der Waals surface area (Å²) in [4.78, 5) is 46.5. The molecule has 0 bridgehead atoms. The number of carbonyl (C=O) groups excluding carboxylic acids is 3. The van der Waals surface area contributed by atoms with Crippen LogP contribution in [0.4, 0.5) is 14.9 Å². The minimum Gasteiger partial charge on any atom is -0.372 e. The van der Waals surface area contributed by atoms with Gasteiger partial charge in [0.1, 0.15) is 12.2 Å². The van der Waals surface area contributed by atoms with Crippen LogP contribution in [0.15, 0.2) is 16.9 Å². The van der Waals surface area contributed by atoms with Crippen LogP contribution in [0.2, 0.25) is 0 Å². The summed E-state index contributed by atoms with van der Waals surface area (Å²) in [6.45, 7) is 4.23. The first-order valence-electron chi connectivity index (χ1n) is 11.9. The molecule has 3 aliphatic heterocycles. The monoisotopic (exact) mass is 512 g/mol. The van der Waals surface area contributed by atoms with E-state index in [4.69, 9.17) is 9.26 Å². The van der Waals surface area contributed by atoms with E-state index in [1.54, 1.807) is 17.9 Å². The lowest BCUT2D eigenvalue weighted by Gasteiger charge is -2.55. The van der Waals surface area contributed by atoms with Crippen LogP contribution in [0.25, 0.3) is 16.8 Å². The number of urea groups is 1. The molecule has 0 saturated carbocycles. The maximum Gasteiger partial charge on any atom is 0.328 e. The number of hydrogen-bond acceptors (Lipinski definition) is 10. The Labute approximate surface area is 209 Å². The predicted octanol–water partition coefficient (Wildman–Crippen LogP) is 0.500. The number of amides is 4. The topological polar surface area (TPSA) is 148 Å². The van der Waals surface area contributed by atoms with Crippen molar-refractivity contribution >= 4 is 34.5 Å². The van der Waals surface area contributed by atoms with Gasteiger partial charge in [-0.05, 0) is 39.6 Å². The molecule has 1 spiro atoms. The Hall–Kier alpha value is -3.91. The average Bonchev–Trinajstić information content (AvgIpc) is 3.43. The Morgan fingerprint density at radius 1 is 1.22 bits per heavy atom. The Morgan fingerprint density at radius 2 is 1.95 bits per heavy atom. The van der Waals surface area contributed by atoms with Gasteiger partial charge in [-0.2, -0.15) is 9.78 Å². The van der Waals surface area contributed by atoms with Gasteiger partial charge in [-0.1, -0.05) is 5.16 Å². The van der Waals surface area contributed by atoms with Crippen LogP contribution < -0.4 is 15.5 Å². The van der Waals surface area contributed by atoms with Crippen molar-refractivity contribution in [3.63, 3.8) is 0 Å². The van der Waals surface area contributed by atoms with Gasteiger partial charge in [-0.25, -0.2) is 14.2 Å². The summed E-state index contributed by atoms with van der Waals surface area (Å²) < 4.78 is 29.1. The van der Waals surface area contributed by atoms with Crippen molar-refractivity contribution in [3.05, 3.63) is 29.6 Å². The molecule has 14 heteroatoms. The molecular formula is C23H25FN8O5. The molecule has 2 saturated heterocycles. The summed E-state index contributed by atoms with van der Waals surface area (Å²) in [7, 11) is 3.75. The third-order valence-electron chi connectivity index (χ3n) is 7.22. The molecule has 2 N–H and O–H groups in total. The van der Waals surface area contributed by atoms with Crippen LogP contribution in [0.5, 0.6) is 0 Å². The van der Waals surface area contributed by atoms with E-state index < -0.39 is 41.2 Å². The second-order valence-electron chi connectivity index (χ2n) is 10.0. The fourth-order valence-corrected chi connectivity index (χ4v) is 5.92. The number of ether oxygens (including phenoxy) is 1. The number of carbonyl (C=O) groups is 3. The summed E-state index contributed by atoms with van der Waals surface area (Å²) >= 11 is 0. The van der Waals surface area contributed by atoms with Crippen molar-refractivity contribution in [1.82, 2.24) is 35.5 Å². The zero-order chi connectivity index (χ0) is 26.2.